The van der Waals surface area contributed by atoms with E-state index in [0.717, 1.165) is 42.2 Å². The number of hydrogen-bond acceptors (Lipinski definition) is 6. The largest absolute Gasteiger partial charge is 0.355 e. The summed E-state index contributed by atoms with van der Waals surface area (Å²) in [4.78, 5) is 24.5. The molecular weight excluding hydrogens is 314 g/mol. The summed E-state index contributed by atoms with van der Waals surface area (Å²) in [7, 11) is 2.04. The molecular formula is C15H16ClN7. The van der Waals surface area contributed by atoms with Crippen LogP contribution in [0.15, 0.2) is 30.9 Å². The first-order valence-electron chi connectivity index (χ1n) is 7.47. The van der Waals surface area contributed by atoms with E-state index >= 15 is 0 Å². The van der Waals surface area contributed by atoms with Crippen molar-refractivity contribution in [2.75, 3.05) is 29.9 Å². The first-order chi connectivity index (χ1) is 11.2. The van der Waals surface area contributed by atoms with Crippen LogP contribution in [0.25, 0.3) is 11.0 Å². The highest BCUT2D eigenvalue weighted by molar-refractivity contribution is 6.28. The van der Waals surface area contributed by atoms with Gasteiger partial charge in [0.25, 0.3) is 0 Å². The average molecular weight is 330 g/mol. The summed E-state index contributed by atoms with van der Waals surface area (Å²) in [5.74, 6) is 1.82. The summed E-state index contributed by atoms with van der Waals surface area (Å²) in [5.41, 5.74) is 0.870. The van der Waals surface area contributed by atoms with Crippen molar-refractivity contribution in [3.05, 3.63) is 36.1 Å². The molecule has 118 valence electrons. The van der Waals surface area contributed by atoms with Gasteiger partial charge in [0, 0.05) is 38.6 Å². The van der Waals surface area contributed by atoms with Crippen LogP contribution in [0.3, 0.4) is 0 Å². The molecule has 1 aliphatic heterocycles. The smallest absolute Gasteiger partial charge is 0.224 e. The summed E-state index contributed by atoms with van der Waals surface area (Å²) >= 11 is 5.89. The van der Waals surface area contributed by atoms with Gasteiger partial charge in [-0.15, -0.1) is 0 Å². The molecule has 1 saturated heterocycles. The SMILES string of the molecule is CN(c1ccnc(Cl)n1)C1CCN(c2ncnc3[nH]ccc23)C1. The third-order valence-electron chi connectivity index (χ3n) is 4.32. The van der Waals surface area contributed by atoms with E-state index in [1.54, 1.807) is 12.5 Å². The number of fused-ring (bicyclic) bond motifs is 1. The quantitative estimate of drug-likeness (QED) is 0.742. The van der Waals surface area contributed by atoms with Gasteiger partial charge in [-0.3, -0.25) is 0 Å². The lowest BCUT2D eigenvalue weighted by Crippen LogP contribution is -2.35. The van der Waals surface area contributed by atoms with Crippen molar-refractivity contribution in [2.45, 2.75) is 12.5 Å². The topological polar surface area (TPSA) is 73.8 Å². The maximum Gasteiger partial charge on any atom is 0.224 e. The van der Waals surface area contributed by atoms with Crippen LogP contribution in [-0.4, -0.2) is 51.1 Å². The summed E-state index contributed by atoms with van der Waals surface area (Å²) < 4.78 is 0. The van der Waals surface area contributed by atoms with Crippen LogP contribution in [0.5, 0.6) is 0 Å². The first-order valence-corrected chi connectivity index (χ1v) is 7.84. The molecule has 0 saturated carbocycles. The molecule has 1 N–H and O–H groups in total. The summed E-state index contributed by atoms with van der Waals surface area (Å²) in [6, 6.07) is 4.25. The molecule has 1 aliphatic rings. The molecule has 1 fully saturated rings. The fraction of sp³-hybridized carbons (Fsp3) is 0.333. The van der Waals surface area contributed by atoms with Crippen molar-refractivity contribution in [2.24, 2.45) is 0 Å². The Morgan fingerprint density at radius 1 is 1.30 bits per heavy atom. The van der Waals surface area contributed by atoms with E-state index in [0.29, 0.717) is 6.04 Å². The van der Waals surface area contributed by atoms with Gasteiger partial charge >= 0.3 is 0 Å². The maximum atomic E-state index is 5.89. The second-order valence-corrected chi connectivity index (χ2v) is 5.96. The lowest BCUT2D eigenvalue weighted by atomic mass is 10.2. The summed E-state index contributed by atoms with van der Waals surface area (Å²) in [6.07, 6.45) is 6.22. The van der Waals surface area contributed by atoms with Gasteiger partial charge in [-0.25, -0.2) is 19.9 Å². The number of anilines is 2. The van der Waals surface area contributed by atoms with Crippen LogP contribution < -0.4 is 9.80 Å². The molecule has 0 aliphatic carbocycles. The number of nitrogens with zero attached hydrogens (tertiary/aromatic N) is 6. The summed E-state index contributed by atoms with van der Waals surface area (Å²) in [5, 5.41) is 1.33. The molecule has 0 spiro atoms. The van der Waals surface area contributed by atoms with Gasteiger partial charge < -0.3 is 14.8 Å². The molecule has 0 amide bonds. The minimum atomic E-state index is 0.272. The van der Waals surface area contributed by atoms with Crippen molar-refractivity contribution >= 4 is 34.3 Å². The lowest BCUT2D eigenvalue weighted by molar-refractivity contribution is 0.683. The van der Waals surface area contributed by atoms with Crippen molar-refractivity contribution in [1.29, 1.82) is 0 Å². The molecule has 1 atom stereocenters. The fourth-order valence-corrected chi connectivity index (χ4v) is 3.21. The second kappa shape index (κ2) is 5.66. The maximum absolute atomic E-state index is 5.89. The molecule has 4 rings (SSSR count). The summed E-state index contributed by atoms with van der Waals surface area (Å²) in [6.45, 7) is 1.83. The van der Waals surface area contributed by atoms with E-state index < -0.39 is 0 Å². The first kappa shape index (κ1) is 14.2. The minimum absolute atomic E-state index is 0.272. The Morgan fingerprint density at radius 2 is 2.22 bits per heavy atom. The predicted octanol–water partition coefficient (Wildman–Crippen LogP) is 2.12. The van der Waals surface area contributed by atoms with Gasteiger partial charge in [-0.2, -0.15) is 0 Å². The Balaban J connectivity index is 1.56. The Morgan fingerprint density at radius 3 is 3.09 bits per heavy atom. The number of H-pyrrole nitrogens is 1. The van der Waals surface area contributed by atoms with Crippen LogP contribution in [-0.2, 0) is 0 Å². The van der Waals surface area contributed by atoms with Crippen LogP contribution in [0.1, 0.15) is 6.42 Å². The van der Waals surface area contributed by atoms with E-state index in [1.165, 1.54) is 0 Å². The average Bonchev–Trinajstić information content (AvgIpc) is 3.23. The van der Waals surface area contributed by atoms with E-state index in [1.807, 2.05) is 25.4 Å². The van der Waals surface area contributed by atoms with Gasteiger partial charge in [0.2, 0.25) is 5.28 Å². The zero-order valence-electron chi connectivity index (χ0n) is 12.6. The number of hydrogen-bond donors (Lipinski definition) is 1. The lowest BCUT2D eigenvalue weighted by Gasteiger charge is -2.26. The zero-order chi connectivity index (χ0) is 15.8. The van der Waals surface area contributed by atoms with Crippen molar-refractivity contribution < 1.29 is 0 Å². The number of likely N-dealkylation sites (N-methyl/N-ethyl adjacent to an activating group) is 1. The molecule has 0 radical (unpaired) electrons. The highest BCUT2D eigenvalue weighted by Crippen LogP contribution is 2.28. The molecule has 1 unspecified atom stereocenters. The Bertz CT molecular complexity index is 833. The van der Waals surface area contributed by atoms with E-state index in [9.17, 15) is 0 Å². The molecule has 4 heterocycles. The van der Waals surface area contributed by atoms with Gasteiger partial charge in [0.05, 0.1) is 5.39 Å². The van der Waals surface area contributed by atoms with Gasteiger partial charge in [-0.1, -0.05) is 0 Å². The standard InChI is InChI=1S/C15H16ClN7/c1-22(12-3-6-18-15(16)21-12)10-4-7-23(8-10)14-11-2-5-17-13(11)19-9-20-14/h2-3,5-6,9-10H,4,7-8H2,1H3,(H,17,19,20). The number of aromatic amines is 1. The number of aromatic nitrogens is 5. The van der Waals surface area contributed by atoms with Crippen molar-refractivity contribution in [1.82, 2.24) is 24.9 Å². The van der Waals surface area contributed by atoms with Gasteiger partial charge in [-0.05, 0) is 30.2 Å². The molecule has 3 aromatic heterocycles. The molecule has 23 heavy (non-hydrogen) atoms. The molecule has 0 bridgehead atoms. The number of rotatable bonds is 3. The Hall–Kier alpha value is -2.41. The fourth-order valence-electron chi connectivity index (χ4n) is 3.07. The van der Waals surface area contributed by atoms with E-state index in [-0.39, 0.29) is 5.28 Å². The van der Waals surface area contributed by atoms with Crippen LogP contribution >= 0.6 is 11.6 Å². The third kappa shape index (κ3) is 2.57. The number of nitrogens with one attached hydrogen (secondary N) is 1. The van der Waals surface area contributed by atoms with Crippen LogP contribution in [0, 0.1) is 0 Å². The van der Waals surface area contributed by atoms with Crippen molar-refractivity contribution in [3.63, 3.8) is 0 Å². The minimum Gasteiger partial charge on any atom is -0.355 e. The van der Waals surface area contributed by atoms with E-state index in [4.69, 9.17) is 11.6 Å². The Labute approximate surface area is 138 Å². The second-order valence-electron chi connectivity index (χ2n) is 5.62. The molecule has 8 heteroatoms. The normalized spacial score (nSPS) is 17.8. The van der Waals surface area contributed by atoms with Gasteiger partial charge in [0.1, 0.15) is 23.6 Å². The van der Waals surface area contributed by atoms with Crippen molar-refractivity contribution in [3.8, 4) is 0 Å². The molecule has 7 nitrogen and oxygen atoms in total. The highest BCUT2D eigenvalue weighted by Gasteiger charge is 2.28. The Kier molecular flexibility index (Phi) is 3.49. The van der Waals surface area contributed by atoms with Gasteiger partial charge in [0.15, 0.2) is 0 Å². The third-order valence-corrected chi connectivity index (χ3v) is 4.50. The molecule has 3 aromatic rings. The van der Waals surface area contributed by atoms with E-state index in [2.05, 4.69) is 34.7 Å². The monoisotopic (exact) mass is 329 g/mol. The number of halogens is 1. The molecule has 0 aromatic carbocycles. The predicted molar refractivity (Wildman–Crippen MR) is 90.0 cm³/mol. The van der Waals surface area contributed by atoms with Crippen LogP contribution in [0.2, 0.25) is 5.28 Å². The zero-order valence-corrected chi connectivity index (χ0v) is 13.4. The van der Waals surface area contributed by atoms with Crippen LogP contribution in [0.4, 0.5) is 11.6 Å². The highest BCUT2D eigenvalue weighted by atomic mass is 35.5.